The molecule has 1 heterocycles. The number of amides is 2. The van der Waals surface area contributed by atoms with Gasteiger partial charge in [-0.15, -0.1) is 0 Å². The van der Waals surface area contributed by atoms with Crippen molar-refractivity contribution >= 4 is 11.7 Å². The highest BCUT2D eigenvalue weighted by atomic mass is 19.1. The number of rotatable bonds is 1. The van der Waals surface area contributed by atoms with Crippen LogP contribution in [0.1, 0.15) is 37.7 Å². The van der Waals surface area contributed by atoms with Crippen LogP contribution in [0.25, 0.3) is 0 Å². The van der Waals surface area contributed by atoms with Crippen molar-refractivity contribution in [3.63, 3.8) is 0 Å². The van der Waals surface area contributed by atoms with E-state index < -0.39 is 0 Å². The molecule has 1 fully saturated rings. The number of urea groups is 1. The fourth-order valence-electron chi connectivity index (χ4n) is 3.10. The highest BCUT2D eigenvalue weighted by Crippen LogP contribution is 2.28. The Morgan fingerprint density at radius 2 is 2.05 bits per heavy atom. The minimum absolute atomic E-state index is 0.0283. The summed E-state index contributed by atoms with van der Waals surface area (Å²) in [6, 6.07) is 4.99. The first-order chi connectivity index (χ1) is 9.24. The summed E-state index contributed by atoms with van der Waals surface area (Å²) in [5.74, 6) is -0.225. The largest absolute Gasteiger partial charge is 0.335 e. The summed E-state index contributed by atoms with van der Waals surface area (Å²) >= 11 is 0. The number of fused-ring (bicyclic) bond motifs is 1. The molecule has 0 atom stereocenters. The van der Waals surface area contributed by atoms with E-state index in [-0.39, 0.29) is 11.8 Å². The first-order valence-corrected chi connectivity index (χ1v) is 7.10. The molecule has 1 aromatic rings. The van der Waals surface area contributed by atoms with Crippen molar-refractivity contribution in [2.75, 3.05) is 11.4 Å². The average Bonchev–Trinajstić information content (AvgIpc) is 2.90. The van der Waals surface area contributed by atoms with Gasteiger partial charge in [0.2, 0.25) is 0 Å². The van der Waals surface area contributed by atoms with Gasteiger partial charge in [-0.2, -0.15) is 0 Å². The lowest BCUT2D eigenvalue weighted by atomic mass is 10.0. The van der Waals surface area contributed by atoms with E-state index in [9.17, 15) is 9.18 Å². The van der Waals surface area contributed by atoms with Crippen molar-refractivity contribution in [2.24, 2.45) is 0 Å². The molecule has 2 aliphatic rings. The number of halogens is 1. The number of carbonyl (C=O) groups is 1. The Balaban J connectivity index is 1.76. The summed E-state index contributed by atoms with van der Waals surface area (Å²) < 4.78 is 13.2. The zero-order valence-corrected chi connectivity index (χ0v) is 11.0. The van der Waals surface area contributed by atoms with E-state index in [1.54, 1.807) is 17.0 Å². The molecule has 0 aromatic heterocycles. The first kappa shape index (κ1) is 12.5. The molecule has 0 radical (unpaired) electrons. The molecule has 1 aliphatic heterocycles. The molecule has 1 aliphatic carbocycles. The SMILES string of the molecule is O=C(NC1CCCC1)N1CCCc2cc(F)ccc21. The first-order valence-electron chi connectivity index (χ1n) is 7.10. The summed E-state index contributed by atoms with van der Waals surface area (Å²) in [7, 11) is 0. The maximum atomic E-state index is 13.2. The third-order valence-corrected chi connectivity index (χ3v) is 4.09. The zero-order chi connectivity index (χ0) is 13.2. The normalized spacial score (nSPS) is 19.3. The van der Waals surface area contributed by atoms with Crippen molar-refractivity contribution in [3.05, 3.63) is 29.6 Å². The van der Waals surface area contributed by atoms with Gasteiger partial charge in [-0.05, 0) is 49.4 Å². The second-order valence-corrected chi connectivity index (χ2v) is 5.46. The van der Waals surface area contributed by atoms with Gasteiger partial charge in [-0.25, -0.2) is 9.18 Å². The molecule has 1 aromatic carbocycles. The molecule has 19 heavy (non-hydrogen) atoms. The Bertz CT molecular complexity index is 483. The van der Waals surface area contributed by atoms with Gasteiger partial charge in [-0.1, -0.05) is 12.8 Å². The van der Waals surface area contributed by atoms with Crippen LogP contribution in [0, 0.1) is 5.82 Å². The maximum Gasteiger partial charge on any atom is 0.322 e. The van der Waals surface area contributed by atoms with E-state index in [0.29, 0.717) is 6.04 Å². The van der Waals surface area contributed by atoms with Crippen LogP contribution in [0.2, 0.25) is 0 Å². The summed E-state index contributed by atoms with van der Waals surface area (Å²) in [6.45, 7) is 0.719. The molecule has 0 unspecified atom stereocenters. The molecule has 0 spiro atoms. The number of benzene rings is 1. The monoisotopic (exact) mass is 262 g/mol. The Kier molecular flexibility index (Phi) is 3.40. The van der Waals surface area contributed by atoms with Crippen LogP contribution in [0.15, 0.2) is 18.2 Å². The lowest BCUT2D eigenvalue weighted by Crippen LogP contribution is -2.46. The molecule has 4 heteroatoms. The minimum atomic E-state index is -0.225. The number of aryl methyl sites for hydroxylation is 1. The summed E-state index contributed by atoms with van der Waals surface area (Å²) in [4.78, 5) is 14.1. The van der Waals surface area contributed by atoms with Crippen LogP contribution >= 0.6 is 0 Å². The van der Waals surface area contributed by atoms with Crippen molar-refractivity contribution in [1.82, 2.24) is 5.32 Å². The number of hydrogen-bond acceptors (Lipinski definition) is 1. The second-order valence-electron chi connectivity index (χ2n) is 5.46. The molecule has 2 amide bonds. The molecule has 1 saturated carbocycles. The highest BCUT2D eigenvalue weighted by Gasteiger charge is 2.25. The fourth-order valence-corrected chi connectivity index (χ4v) is 3.10. The molecule has 3 rings (SSSR count). The van der Waals surface area contributed by atoms with Crippen LogP contribution in [0.5, 0.6) is 0 Å². The van der Waals surface area contributed by atoms with Gasteiger partial charge in [0.1, 0.15) is 5.82 Å². The van der Waals surface area contributed by atoms with Crippen molar-refractivity contribution in [3.8, 4) is 0 Å². The Morgan fingerprint density at radius 3 is 2.84 bits per heavy atom. The summed E-state index contributed by atoms with van der Waals surface area (Å²) in [6.07, 6.45) is 6.31. The van der Waals surface area contributed by atoms with Crippen molar-refractivity contribution in [1.29, 1.82) is 0 Å². The van der Waals surface area contributed by atoms with Crippen LogP contribution in [0.4, 0.5) is 14.9 Å². The van der Waals surface area contributed by atoms with Gasteiger partial charge >= 0.3 is 6.03 Å². The predicted octanol–water partition coefficient (Wildman–Crippen LogP) is 3.23. The van der Waals surface area contributed by atoms with Crippen molar-refractivity contribution < 1.29 is 9.18 Å². The maximum absolute atomic E-state index is 13.2. The molecule has 3 nitrogen and oxygen atoms in total. The van der Waals surface area contributed by atoms with Crippen LogP contribution in [-0.4, -0.2) is 18.6 Å². The second kappa shape index (κ2) is 5.19. The quantitative estimate of drug-likeness (QED) is 0.828. The standard InChI is InChI=1S/C15H19FN2O/c16-12-7-8-14-11(10-12)4-3-9-18(14)15(19)17-13-5-1-2-6-13/h7-8,10,13H,1-6,9H2,(H,17,19). The lowest BCUT2D eigenvalue weighted by Gasteiger charge is -2.30. The van der Waals surface area contributed by atoms with Crippen LogP contribution in [0.3, 0.4) is 0 Å². The van der Waals surface area contributed by atoms with E-state index in [1.165, 1.54) is 18.9 Å². The van der Waals surface area contributed by atoms with Gasteiger partial charge < -0.3 is 5.32 Å². The van der Waals surface area contributed by atoms with Gasteiger partial charge in [0.25, 0.3) is 0 Å². The molecular formula is C15H19FN2O. The predicted molar refractivity (Wildman–Crippen MR) is 72.9 cm³/mol. The van der Waals surface area contributed by atoms with Gasteiger partial charge in [-0.3, -0.25) is 4.90 Å². The minimum Gasteiger partial charge on any atom is -0.335 e. The Hall–Kier alpha value is -1.58. The number of nitrogens with one attached hydrogen (secondary N) is 1. The van der Waals surface area contributed by atoms with Crippen molar-refractivity contribution in [2.45, 2.75) is 44.6 Å². The number of anilines is 1. The zero-order valence-electron chi connectivity index (χ0n) is 11.0. The highest BCUT2D eigenvalue weighted by molar-refractivity contribution is 5.93. The summed E-state index contributed by atoms with van der Waals surface area (Å²) in [5.41, 5.74) is 1.80. The number of carbonyl (C=O) groups excluding carboxylic acids is 1. The smallest absolute Gasteiger partial charge is 0.322 e. The van der Waals surface area contributed by atoms with E-state index in [0.717, 1.165) is 43.5 Å². The topological polar surface area (TPSA) is 32.3 Å². The lowest BCUT2D eigenvalue weighted by molar-refractivity contribution is 0.242. The third kappa shape index (κ3) is 2.57. The van der Waals surface area contributed by atoms with Crippen LogP contribution < -0.4 is 10.2 Å². The van der Waals surface area contributed by atoms with Gasteiger partial charge in [0, 0.05) is 18.3 Å². The van der Waals surface area contributed by atoms with E-state index >= 15 is 0 Å². The molecule has 0 bridgehead atoms. The molecular weight excluding hydrogens is 243 g/mol. The van der Waals surface area contributed by atoms with E-state index in [4.69, 9.17) is 0 Å². The molecule has 102 valence electrons. The third-order valence-electron chi connectivity index (χ3n) is 4.09. The van der Waals surface area contributed by atoms with Gasteiger partial charge in [0.05, 0.1) is 0 Å². The molecule has 0 saturated heterocycles. The van der Waals surface area contributed by atoms with E-state index in [1.807, 2.05) is 0 Å². The van der Waals surface area contributed by atoms with Gasteiger partial charge in [0.15, 0.2) is 0 Å². The van der Waals surface area contributed by atoms with Crippen LogP contribution in [-0.2, 0) is 6.42 Å². The Labute approximate surface area is 112 Å². The average molecular weight is 262 g/mol. The Morgan fingerprint density at radius 1 is 1.26 bits per heavy atom. The summed E-state index contributed by atoms with van der Waals surface area (Å²) in [5, 5.41) is 3.10. The fraction of sp³-hybridized carbons (Fsp3) is 0.533. The number of nitrogens with zero attached hydrogens (tertiary/aromatic N) is 1. The van der Waals surface area contributed by atoms with E-state index in [2.05, 4.69) is 5.32 Å². The molecule has 1 N–H and O–H groups in total. The number of hydrogen-bond donors (Lipinski definition) is 1.